The first-order valence-corrected chi connectivity index (χ1v) is 14.7. The molecule has 13 N–H and O–H groups in total. The Labute approximate surface area is 265 Å². The van der Waals surface area contributed by atoms with Crippen LogP contribution in [-0.4, -0.2) is 201 Å². The third-order valence-corrected chi connectivity index (χ3v) is 7.80. The second-order valence-corrected chi connectivity index (χ2v) is 11.9. The van der Waals surface area contributed by atoms with Crippen molar-refractivity contribution in [2.75, 3.05) is 39.5 Å². The van der Waals surface area contributed by atoms with E-state index in [1.165, 1.54) is 6.92 Å². The zero-order valence-electron chi connectivity index (χ0n) is 26.0. The van der Waals surface area contributed by atoms with Crippen molar-refractivity contribution in [2.45, 2.75) is 119 Å². The highest BCUT2D eigenvalue weighted by molar-refractivity contribution is 5.81. The molecule has 5 unspecified atom stereocenters. The van der Waals surface area contributed by atoms with E-state index in [4.69, 9.17) is 24.4 Å². The lowest BCUT2D eigenvalue weighted by Crippen LogP contribution is -2.56. The number of rotatable bonds is 22. The highest BCUT2D eigenvalue weighted by atomic mass is 16.7. The van der Waals surface area contributed by atoms with E-state index < -0.39 is 123 Å². The summed E-state index contributed by atoms with van der Waals surface area (Å²) in [6.45, 7) is -0.274. The van der Waals surface area contributed by atoms with Gasteiger partial charge in [-0.2, -0.15) is 0 Å². The van der Waals surface area contributed by atoms with Gasteiger partial charge in [-0.3, -0.25) is 4.79 Å². The van der Waals surface area contributed by atoms with Crippen molar-refractivity contribution in [2.24, 2.45) is 0 Å². The van der Waals surface area contributed by atoms with Crippen LogP contribution >= 0.6 is 0 Å². The average Bonchev–Trinajstić information content (AvgIpc) is 3.29. The summed E-state index contributed by atoms with van der Waals surface area (Å²) in [5.41, 5.74) is -1.18. The number of aliphatic hydroxyl groups excluding tert-OH is 13. The summed E-state index contributed by atoms with van der Waals surface area (Å²) in [6.07, 6.45) is -20.9. The standard InChI is InChI=1S/C27H51NO18/c1-4-26(2,5-13(31)11-45-27(3)6-14(32)25(43)46-27)44-12-19(37)24(42)28(7-15(33)20(38)22(40)17(35)9-29)8-16(34)21(39)23(41)18(36)10-30/h13-23,29-41H,4-12H2,1-3H3/t13?,14?,15-,16-,17+,18+,19?,20+,21+,22+,23+,26?,27?/m0/s1. The molecular weight excluding hydrogens is 626 g/mol. The molecule has 1 amide bonds. The molecule has 0 aromatic rings. The van der Waals surface area contributed by atoms with Crippen LogP contribution in [0.25, 0.3) is 0 Å². The van der Waals surface area contributed by atoms with Gasteiger partial charge in [-0.25, -0.2) is 4.79 Å². The van der Waals surface area contributed by atoms with Crippen LogP contribution < -0.4 is 0 Å². The quantitative estimate of drug-likeness (QED) is 0.0473. The molecule has 19 heteroatoms. The molecule has 46 heavy (non-hydrogen) atoms. The van der Waals surface area contributed by atoms with Gasteiger partial charge in [0.25, 0.3) is 5.91 Å². The number of esters is 1. The summed E-state index contributed by atoms with van der Waals surface area (Å²) >= 11 is 0. The summed E-state index contributed by atoms with van der Waals surface area (Å²) in [4.78, 5) is 25.2. The Balaban J connectivity index is 2.98. The Morgan fingerprint density at radius 3 is 1.74 bits per heavy atom. The summed E-state index contributed by atoms with van der Waals surface area (Å²) in [7, 11) is 0. The highest BCUT2D eigenvalue weighted by Gasteiger charge is 2.44. The normalized spacial score (nSPS) is 26.5. The molecule has 1 rings (SSSR count). The second-order valence-electron chi connectivity index (χ2n) is 11.9. The Bertz CT molecular complexity index is 901. The minimum atomic E-state index is -2.15. The van der Waals surface area contributed by atoms with Crippen molar-refractivity contribution in [1.82, 2.24) is 4.90 Å². The zero-order valence-corrected chi connectivity index (χ0v) is 26.0. The number of hydrogen-bond acceptors (Lipinski definition) is 18. The van der Waals surface area contributed by atoms with E-state index in [1.54, 1.807) is 13.8 Å². The van der Waals surface area contributed by atoms with E-state index in [0.29, 0.717) is 4.90 Å². The first kappa shape index (κ1) is 42.4. The Kier molecular flexibility index (Phi) is 17.3. The van der Waals surface area contributed by atoms with Gasteiger partial charge in [0.2, 0.25) is 5.79 Å². The van der Waals surface area contributed by atoms with Gasteiger partial charge in [0.1, 0.15) is 48.8 Å². The largest absolute Gasteiger partial charge is 0.431 e. The Morgan fingerprint density at radius 1 is 0.891 bits per heavy atom. The minimum Gasteiger partial charge on any atom is -0.431 e. The van der Waals surface area contributed by atoms with Crippen molar-refractivity contribution in [3.05, 3.63) is 0 Å². The van der Waals surface area contributed by atoms with Gasteiger partial charge in [0, 0.05) is 32.9 Å². The Hall–Kier alpha value is -1.66. The van der Waals surface area contributed by atoms with E-state index in [1.807, 2.05) is 0 Å². The highest BCUT2D eigenvalue weighted by Crippen LogP contribution is 2.29. The Morgan fingerprint density at radius 2 is 1.35 bits per heavy atom. The lowest BCUT2D eigenvalue weighted by molar-refractivity contribution is -0.215. The summed E-state index contributed by atoms with van der Waals surface area (Å²) < 4.78 is 16.2. The first-order valence-electron chi connectivity index (χ1n) is 14.7. The summed E-state index contributed by atoms with van der Waals surface area (Å²) in [5, 5.41) is 129. The van der Waals surface area contributed by atoms with Crippen LogP contribution in [0.2, 0.25) is 0 Å². The number of cyclic esters (lactones) is 1. The molecular formula is C27H51NO18. The zero-order chi connectivity index (χ0) is 35.6. The van der Waals surface area contributed by atoms with Gasteiger partial charge in [-0.15, -0.1) is 0 Å². The monoisotopic (exact) mass is 677 g/mol. The average molecular weight is 678 g/mol. The van der Waals surface area contributed by atoms with Gasteiger partial charge in [-0.05, 0) is 13.3 Å². The van der Waals surface area contributed by atoms with Crippen LogP contribution in [0.1, 0.15) is 40.0 Å². The summed E-state index contributed by atoms with van der Waals surface area (Å²) in [5.74, 6) is -3.57. The molecule has 0 aromatic heterocycles. The van der Waals surface area contributed by atoms with E-state index in [2.05, 4.69) is 0 Å². The molecule has 0 aliphatic carbocycles. The maximum atomic E-state index is 13.2. The van der Waals surface area contributed by atoms with Crippen LogP contribution in [0.15, 0.2) is 0 Å². The molecule has 1 aliphatic heterocycles. The van der Waals surface area contributed by atoms with Gasteiger partial charge in [0.15, 0.2) is 12.2 Å². The SMILES string of the molecule is CCC(C)(CC(O)COC1(C)CC(O)C(=O)O1)OCC(O)C(=O)N(C[C@H](O)[C@@H](O)[C@H](O)[C@H](O)CO)C[C@H](O)[C@@H](O)[C@H](O)[C@H](O)CO. The molecule has 13 atom stereocenters. The van der Waals surface area contributed by atoms with Crippen molar-refractivity contribution in [3.8, 4) is 0 Å². The third kappa shape index (κ3) is 12.4. The molecule has 1 saturated heterocycles. The van der Waals surface area contributed by atoms with Crippen LogP contribution in [-0.2, 0) is 23.8 Å². The number of carbonyl (C=O) groups excluding carboxylic acids is 2. The van der Waals surface area contributed by atoms with Crippen LogP contribution in [0.4, 0.5) is 0 Å². The number of amides is 1. The lowest BCUT2D eigenvalue weighted by atomic mass is 9.95. The topological polar surface area (TPSA) is 328 Å². The fourth-order valence-corrected chi connectivity index (χ4v) is 4.59. The molecule has 0 bridgehead atoms. The van der Waals surface area contributed by atoms with Crippen molar-refractivity contribution >= 4 is 11.9 Å². The first-order chi connectivity index (χ1) is 21.2. The number of hydrogen-bond donors (Lipinski definition) is 13. The van der Waals surface area contributed by atoms with Crippen molar-refractivity contribution < 1.29 is 90.2 Å². The third-order valence-electron chi connectivity index (χ3n) is 7.80. The molecule has 0 radical (unpaired) electrons. The molecule has 1 aliphatic rings. The smallest absolute Gasteiger partial charge is 0.337 e. The van der Waals surface area contributed by atoms with Gasteiger partial charge in [0.05, 0.1) is 38.1 Å². The molecule has 272 valence electrons. The fourth-order valence-electron chi connectivity index (χ4n) is 4.59. The number of aliphatic hydroxyl groups is 13. The number of carbonyl (C=O) groups is 2. The van der Waals surface area contributed by atoms with E-state index in [9.17, 15) is 65.8 Å². The van der Waals surface area contributed by atoms with Crippen molar-refractivity contribution in [1.29, 1.82) is 0 Å². The fraction of sp³-hybridized carbons (Fsp3) is 0.926. The van der Waals surface area contributed by atoms with E-state index >= 15 is 0 Å². The number of nitrogens with zero attached hydrogens (tertiary/aromatic N) is 1. The molecule has 1 fully saturated rings. The van der Waals surface area contributed by atoms with Crippen LogP contribution in [0.3, 0.4) is 0 Å². The van der Waals surface area contributed by atoms with Crippen molar-refractivity contribution in [3.63, 3.8) is 0 Å². The molecule has 0 aromatic carbocycles. The maximum absolute atomic E-state index is 13.2. The van der Waals surface area contributed by atoms with Gasteiger partial charge < -0.3 is 85.5 Å². The molecule has 0 saturated carbocycles. The van der Waals surface area contributed by atoms with E-state index in [0.717, 1.165) is 0 Å². The van der Waals surface area contributed by atoms with Crippen LogP contribution in [0.5, 0.6) is 0 Å². The number of ether oxygens (including phenoxy) is 3. The summed E-state index contributed by atoms with van der Waals surface area (Å²) in [6, 6.07) is 0. The van der Waals surface area contributed by atoms with Gasteiger partial charge >= 0.3 is 5.97 Å². The molecule has 19 nitrogen and oxygen atoms in total. The maximum Gasteiger partial charge on any atom is 0.337 e. The second kappa shape index (κ2) is 18.8. The van der Waals surface area contributed by atoms with Gasteiger partial charge in [-0.1, -0.05) is 6.92 Å². The molecule has 1 heterocycles. The lowest BCUT2D eigenvalue weighted by Gasteiger charge is -2.35. The molecule has 0 spiro atoms. The van der Waals surface area contributed by atoms with Crippen LogP contribution in [0, 0.1) is 0 Å². The predicted molar refractivity (Wildman–Crippen MR) is 151 cm³/mol. The predicted octanol–water partition coefficient (Wildman–Crippen LogP) is -6.98. The minimum absolute atomic E-state index is 0.105. The van der Waals surface area contributed by atoms with E-state index in [-0.39, 0.29) is 25.9 Å².